The third kappa shape index (κ3) is 4.78. The highest BCUT2D eigenvalue weighted by molar-refractivity contribution is 6.13. The highest BCUT2D eigenvalue weighted by atomic mass is 16.5. The molecule has 0 fully saturated rings. The van der Waals surface area contributed by atoms with Crippen molar-refractivity contribution in [1.82, 2.24) is 0 Å². The first-order valence-electron chi connectivity index (χ1n) is 10.3. The molecule has 1 aliphatic heterocycles. The summed E-state index contributed by atoms with van der Waals surface area (Å²) in [5, 5.41) is 10.2. The van der Waals surface area contributed by atoms with Crippen LogP contribution >= 0.6 is 0 Å². The van der Waals surface area contributed by atoms with Gasteiger partial charge in [0.1, 0.15) is 24.5 Å². The fraction of sp³-hybridized carbons (Fsp3) is 0.269. The van der Waals surface area contributed by atoms with E-state index in [1.807, 2.05) is 60.7 Å². The van der Waals surface area contributed by atoms with Crippen LogP contribution in [0, 0.1) is 0 Å². The molecule has 4 rings (SSSR count). The Bertz CT molecular complexity index is 952. The zero-order chi connectivity index (χ0) is 21.0. The van der Waals surface area contributed by atoms with E-state index in [1.165, 1.54) is 0 Å². The molecular weight excluding hydrogens is 374 g/mol. The van der Waals surface area contributed by atoms with Crippen molar-refractivity contribution in [2.75, 3.05) is 13.2 Å². The lowest BCUT2D eigenvalue weighted by Crippen LogP contribution is -2.37. The quantitative estimate of drug-likeness (QED) is 0.603. The molecule has 2 unspecified atom stereocenters. The minimum absolute atomic E-state index is 0.210. The van der Waals surface area contributed by atoms with Crippen molar-refractivity contribution >= 4 is 5.71 Å². The average molecular weight is 402 g/mol. The maximum Gasteiger partial charge on any atom is 0.124 e. The smallest absolute Gasteiger partial charge is 0.124 e. The number of aliphatic imine (C=N–C) groups is 1. The van der Waals surface area contributed by atoms with Crippen LogP contribution in [0.3, 0.4) is 0 Å². The summed E-state index contributed by atoms with van der Waals surface area (Å²) in [4.78, 5) is 5.23. The first-order valence-corrected chi connectivity index (χ1v) is 10.3. The molecular formula is C26H27NO3. The van der Waals surface area contributed by atoms with E-state index in [9.17, 15) is 5.11 Å². The lowest BCUT2D eigenvalue weighted by molar-refractivity contribution is -0.0766. The summed E-state index contributed by atoms with van der Waals surface area (Å²) in [6.07, 6.45) is -0.297. The lowest BCUT2D eigenvalue weighted by Gasteiger charge is -2.33. The third-order valence-electron chi connectivity index (χ3n) is 5.01. The summed E-state index contributed by atoms with van der Waals surface area (Å²) in [6, 6.07) is 28.1. The van der Waals surface area contributed by atoms with Gasteiger partial charge in [0.15, 0.2) is 0 Å². The number of para-hydroxylation sites is 1. The number of ether oxygens (including phenoxy) is 2. The van der Waals surface area contributed by atoms with Gasteiger partial charge in [0.25, 0.3) is 0 Å². The number of rotatable bonds is 6. The molecule has 3 aromatic rings. The molecule has 154 valence electrons. The van der Waals surface area contributed by atoms with Crippen LogP contribution in [0.25, 0.3) is 0 Å². The zero-order valence-electron chi connectivity index (χ0n) is 17.4. The fourth-order valence-corrected chi connectivity index (χ4v) is 3.57. The Morgan fingerprint density at radius 3 is 2.10 bits per heavy atom. The molecule has 0 amide bonds. The van der Waals surface area contributed by atoms with Crippen LogP contribution in [-0.4, -0.2) is 35.7 Å². The topological polar surface area (TPSA) is 51.0 Å². The normalized spacial score (nSPS) is 18.2. The molecule has 1 heterocycles. The Morgan fingerprint density at radius 2 is 1.50 bits per heavy atom. The number of aliphatic hydroxyl groups is 1. The predicted molar refractivity (Wildman–Crippen MR) is 119 cm³/mol. The van der Waals surface area contributed by atoms with E-state index in [-0.39, 0.29) is 18.8 Å². The second kappa shape index (κ2) is 8.82. The van der Waals surface area contributed by atoms with E-state index in [1.54, 1.807) is 13.8 Å². The molecule has 0 aliphatic carbocycles. The van der Waals surface area contributed by atoms with Crippen molar-refractivity contribution in [3.05, 3.63) is 102 Å². The van der Waals surface area contributed by atoms with Gasteiger partial charge < -0.3 is 14.6 Å². The summed E-state index contributed by atoms with van der Waals surface area (Å²) in [7, 11) is 0. The van der Waals surface area contributed by atoms with Crippen LogP contribution in [0.4, 0.5) is 0 Å². The van der Waals surface area contributed by atoms with E-state index in [2.05, 4.69) is 24.3 Å². The Balaban J connectivity index is 1.80. The van der Waals surface area contributed by atoms with Crippen LogP contribution in [-0.2, 0) is 4.74 Å². The van der Waals surface area contributed by atoms with Gasteiger partial charge in [0, 0.05) is 16.7 Å². The minimum Gasteiger partial charge on any atom is -0.490 e. The van der Waals surface area contributed by atoms with Crippen molar-refractivity contribution in [2.24, 2.45) is 4.99 Å². The SMILES string of the molecule is CC(C)(O)COC1COc2ccccc2C1N=C(c1ccccc1)c1ccccc1. The Hall–Kier alpha value is -2.95. The van der Waals surface area contributed by atoms with Crippen LogP contribution in [0.2, 0.25) is 0 Å². The molecule has 4 heteroatoms. The van der Waals surface area contributed by atoms with Crippen molar-refractivity contribution in [2.45, 2.75) is 31.6 Å². The lowest BCUT2D eigenvalue weighted by atomic mass is 9.96. The molecule has 0 radical (unpaired) electrons. The molecule has 1 N–H and O–H groups in total. The van der Waals surface area contributed by atoms with Gasteiger partial charge in [-0.2, -0.15) is 0 Å². The van der Waals surface area contributed by atoms with Crippen LogP contribution in [0.1, 0.15) is 36.6 Å². The van der Waals surface area contributed by atoms with Gasteiger partial charge in [0.05, 0.1) is 17.9 Å². The van der Waals surface area contributed by atoms with Gasteiger partial charge in [-0.1, -0.05) is 78.9 Å². The van der Waals surface area contributed by atoms with E-state index in [0.29, 0.717) is 6.61 Å². The van der Waals surface area contributed by atoms with E-state index >= 15 is 0 Å². The first-order chi connectivity index (χ1) is 14.5. The number of benzene rings is 3. The maximum absolute atomic E-state index is 10.2. The number of hydrogen-bond acceptors (Lipinski definition) is 4. The molecule has 2 atom stereocenters. The largest absolute Gasteiger partial charge is 0.490 e. The molecule has 30 heavy (non-hydrogen) atoms. The van der Waals surface area contributed by atoms with E-state index < -0.39 is 5.60 Å². The number of hydrogen-bond donors (Lipinski definition) is 1. The molecule has 0 saturated carbocycles. The molecule has 0 saturated heterocycles. The maximum atomic E-state index is 10.2. The first kappa shape index (κ1) is 20.3. The van der Waals surface area contributed by atoms with Gasteiger partial charge in [-0.15, -0.1) is 0 Å². The fourth-order valence-electron chi connectivity index (χ4n) is 3.57. The second-order valence-electron chi connectivity index (χ2n) is 8.17. The molecule has 0 spiro atoms. The van der Waals surface area contributed by atoms with Gasteiger partial charge in [-0.3, -0.25) is 4.99 Å². The van der Waals surface area contributed by atoms with Crippen LogP contribution in [0.5, 0.6) is 5.75 Å². The van der Waals surface area contributed by atoms with Crippen molar-refractivity contribution < 1.29 is 14.6 Å². The molecule has 4 nitrogen and oxygen atoms in total. The summed E-state index contributed by atoms with van der Waals surface area (Å²) in [5.41, 5.74) is 3.08. The minimum atomic E-state index is -0.924. The zero-order valence-corrected chi connectivity index (χ0v) is 17.4. The second-order valence-corrected chi connectivity index (χ2v) is 8.17. The van der Waals surface area contributed by atoms with Crippen molar-refractivity contribution in [3.8, 4) is 5.75 Å². The van der Waals surface area contributed by atoms with Crippen molar-refractivity contribution in [1.29, 1.82) is 0 Å². The van der Waals surface area contributed by atoms with Gasteiger partial charge in [-0.05, 0) is 19.9 Å². The number of fused-ring (bicyclic) bond motifs is 1. The Labute approximate surface area is 177 Å². The van der Waals surface area contributed by atoms with Gasteiger partial charge in [0.2, 0.25) is 0 Å². The highest BCUT2D eigenvalue weighted by Crippen LogP contribution is 2.37. The molecule has 1 aliphatic rings. The summed E-state index contributed by atoms with van der Waals surface area (Å²) in [6.45, 7) is 4.07. The molecule has 3 aromatic carbocycles. The van der Waals surface area contributed by atoms with Crippen LogP contribution in [0.15, 0.2) is 89.9 Å². The summed E-state index contributed by atoms with van der Waals surface area (Å²) < 4.78 is 12.1. The monoisotopic (exact) mass is 401 g/mol. The van der Waals surface area contributed by atoms with E-state index in [0.717, 1.165) is 28.2 Å². The highest BCUT2D eigenvalue weighted by Gasteiger charge is 2.33. The molecule has 0 bridgehead atoms. The Morgan fingerprint density at radius 1 is 0.933 bits per heavy atom. The summed E-state index contributed by atoms with van der Waals surface area (Å²) >= 11 is 0. The van der Waals surface area contributed by atoms with Gasteiger partial charge in [-0.25, -0.2) is 0 Å². The van der Waals surface area contributed by atoms with Gasteiger partial charge >= 0.3 is 0 Å². The molecule has 0 aromatic heterocycles. The predicted octanol–water partition coefficient (Wildman–Crippen LogP) is 4.81. The average Bonchev–Trinajstić information content (AvgIpc) is 2.77. The third-order valence-corrected chi connectivity index (χ3v) is 5.01. The van der Waals surface area contributed by atoms with E-state index in [4.69, 9.17) is 14.5 Å². The van der Waals surface area contributed by atoms with Crippen molar-refractivity contribution in [3.63, 3.8) is 0 Å². The number of nitrogens with zero attached hydrogens (tertiary/aromatic N) is 1. The van der Waals surface area contributed by atoms with Crippen LogP contribution < -0.4 is 4.74 Å². The standard InChI is InChI=1S/C26H27NO3/c1-26(2,28)18-30-23-17-29-22-16-10-9-15-21(22)25(23)27-24(19-11-5-3-6-12-19)20-13-7-4-8-14-20/h3-16,23,25,28H,17-18H2,1-2H3. The Kier molecular flexibility index (Phi) is 5.98. The summed E-state index contributed by atoms with van der Waals surface area (Å²) in [5.74, 6) is 0.829.